The SMILES string of the molecule is COc1ccc(C(=O)NCC(C)(C)CCN)c(O)c1. The number of phenols is 1. The fourth-order valence-electron chi connectivity index (χ4n) is 1.72. The quantitative estimate of drug-likeness (QED) is 0.728. The zero-order chi connectivity index (χ0) is 14.5. The summed E-state index contributed by atoms with van der Waals surface area (Å²) in [6.45, 7) is 5.16. The van der Waals surface area contributed by atoms with Crippen LogP contribution in [-0.2, 0) is 0 Å². The Morgan fingerprint density at radius 3 is 2.68 bits per heavy atom. The third-order valence-electron chi connectivity index (χ3n) is 3.00. The molecule has 5 nitrogen and oxygen atoms in total. The Morgan fingerprint density at radius 1 is 1.47 bits per heavy atom. The lowest BCUT2D eigenvalue weighted by atomic mass is 9.89. The van der Waals surface area contributed by atoms with Crippen molar-refractivity contribution in [3.05, 3.63) is 23.8 Å². The highest BCUT2D eigenvalue weighted by Crippen LogP contribution is 2.24. The van der Waals surface area contributed by atoms with E-state index >= 15 is 0 Å². The van der Waals surface area contributed by atoms with Crippen LogP contribution in [0.15, 0.2) is 18.2 Å². The van der Waals surface area contributed by atoms with Crippen LogP contribution in [0.4, 0.5) is 0 Å². The fraction of sp³-hybridized carbons (Fsp3) is 0.500. The number of amides is 1. The van der Waals surface area contributed by atoms with Crippen LogP contribution in [0.25, 0.3) is 0 Å². The van der Waals surface area contributed by atoms with Gasteiger partial charge in [0.25, 0.3) is 5.91 Å². The van der Waals surface area contributed by atoms with Gasteiger partial charge in [-0.1, -0.05) is 13.8 Å². The van der Waals surface area contributed by atoms with E-state index in [9.17, 15) is 9.90 Å². The van der Waals surface area contributed by atoms with E-state index in [0.29, 0.717) is 18.8 Å². The third kappa shape index (κ3) is 4.44. The summed E-state index contributed by atoms with van der Waals surface area (Å²) in [5, 5.41) is 12.6. The monoisotopic (exact) mass is 266 g/mol. The van der Waals surface area contributed by atoms with Gasteiger partial charge < -0.3 is 20.9 Å². The second kappa shape index (κ2) is 6.43. The number of ether oxygens (including phenoxy) is 1. The largest absolute Gasteiger partial charge is 0.507 e. The molecule has 4 N–H and O–H groups in total. The number of benzene rings is 1. The first-order valence-corrected chi connectivity index (χ1v) is 6.25. The highest BCUT2D eigenvalue weighted by Gasteiger charge is 2.19. The maximum Gasteiger partial charge on any atom is 0.255 e. The van der Waals surface area contributed by atoms with Crippen LogP contribution < -0.4 is 15.8 Å². The molecule has 1 aromatic carbocycles. The van der Waals surface area contributed by atoms with E-state index in [-0.39, 0.29) is 22.6 Å². The molecule has 0 atom stereocenters. The minimum Gasteiger partial charge on any atom is -0.507 e. The van der Waals surface area contributed by atoms with Gasteiger partial charge >= 0.3 is 0 Å². The summed E-state index contributed by atoms with van der Waals surface area (Å²) in [5.74, 6) is 0.122. The van der Waals surface area contributed by atoms with Gasteiger partial charge in [-0.3, -0.25) is 4.79 Å². The Labute approximate surface area is 113 Å². The molecule has 19 heavy (non-hydrogen) atoms. The van der Waals surface area contributed by atoms with Crippen LogP contribution in [0.1, 0.15) is 30.6 Å². The molecule has 0 fully saturated rings. The Bertz CT molecular complexity index is 444. The number of nitrogens with two attached hydrogens (primary N) is 1. The minimum absolute atomic E-state index is 0.0630. The Balaban J connectivity index is 2.68. The summed E-state index contributed by atoms with van der Waals surface area (Å²) in [6, 6.07) is 4.60. The van der Waals surface area contributed by atoms with Crippen LogP contribution in [-0.4, -0.2) is 31.2 Å². The van der Waals surface area contributed by atoms with E-state index in [1.165, 1.54) is 13.2 Å². The lowest BCUT2D eigenvalue weighted by molar-refractivity contribution is 0.0932. The Morgan fingerprint density at radius 2 is 2.16 bits per heavy atom. The summed E-state index contributed by atoms with van der Waals surface area (Å²) in [6.07, 6.45) is 0.821. The van der Waals surface area contributed by atoms with Gasteiger partial charge in [0.2, 0.25) is 0 Å². The summed E-state index contributed by atoms with van der Waals surface area (Å²) >= 11 is 0. The van der Waals surface area contributed by atoms with Crippen molar-refractivity contribution in [1.29, 1.82) is 0 Å². The molecule has 0 saturated carbocycles. The van der Waals surface area contributed by atoms with Crippen molar-refractivity contribution < 1.29 is 14.6 Å². The summed E-state index contributed by atoms with van der Waals surface area (Å²) in [5.41, 5.74) is 5.70. The molecule has 1 amide bonds. The lowest BCUT2D eigenvalue weighted by Crippen LogP contribution is -2.35. The number of nitrogens with one attached hydrogen (secondary N) is 1. The van der Waals surface area contributed by atoms with Crippen molar-refractivity contribution in [2.75, 3.05) is 20.2 Å². The molecule has 0 saturated heterocycles. The molecule has 0 aromatic heterocycles. The number of methoxy groups -OCH3 is 1. The van der Waals surface area contributed by atoms with Crippen LogP contribution in [0.2, 0.25) is 0 Å². The first-order valence-electron chi connectivity index (χ1n) is 6.25. The number of hydrogen-bond donors (Lipinski definition) is 3. The first kappa shape index (κ1) is 15.3. The second-order valence-electron chi connectivity index (χ2n) is 5.27. The van der Waals surface area contributed by atoms with Gasteiger partial charge in [0.15, 0.2) is 0 Å². The molecular formula is C14H22N2O3. The molecule has 0 radical (unpaired) electrons. The minimum atomic E-state index is -0.301. The number of phenolic OH excluding ortho intramolecular Hbond substituents is 1. The van der Waals surface area contributed by atoms with E-state index in [1.807, 2.05) is 13.8 Å². The fourth-order valence-corrected chi connectivity index (χ4v) is 1.72. The molecule has 106 valence electrons. The van der Waals surface area contributed by atoms with Crippen molar-refractivity contribution in [1.82, 2.24) is 5.32 Å². The predicted molar refractivity (Wildman–Crippen MR) is 74.4 cm³/mol. The van der Waals surface area contributed by atoms with Crippen molar-refractivity contribution >= 4 is 5.91 Å². The summed E-state index contributed by atoms with van der Waals surface area (Å²) in [7, 11) is 1.50. The summed E-state index contributed by atoms with van der Waals surface area (Å²) < 4.78 is 4.97. The highest BCUT2D eigenvalue weighted by atomic mass is 16.5. The van der Waals surface area contributed by atoms with Gasteiger partial charge in [0, 0.05) is 12.6 Å². The Hall–Kier alpha value is -1.75. The van der Waals surface area contributed by atoms with E-state index in [1.54, 1.807) is 12.1 Å². The average molecular weight is 266 g/mol. The first-order chi connectivity index (χ1) is 8.89. The van der Waals surface area contributed by atoms with Crippen LogP contribution in [0.3, 0.4) is 0 Å². The van der Waals surface area contributed by atoms with Crippen LogP contribution in [0, 0.1) is 5.41 Å². The molecular weight excluding hydrogens is 244 g/mol. The molecule has 0 spiro atoms. The molecule has 1 aromatic rings. The van der Waals surface area contributed by atoms with Crippen molar-refractivity contribution in [2.45, 2.75) is 20.3 Å². The Kier molecular flexibility index (Phi) is 5.18. The van der Waals surface area contributed by atoms with Gasteiger partial charge in [0.1, 0.15) is 11.5 Å². The number of carbonyl (C=O) groups excluding carboxylic acids is 1. The van der Waals surface area contributed by atoms with E-state index < -0.39 is 0 Å². The normalized spacial score (nSPS) is 11.2. The van der Waals surface area contributed by atoms with Crippen LogP contribution in [0.5, 0.6) is 11.5 Å². The standard InChI is InChI=1S/C14H22N2O3/c1-14(2,6-7-15)9-16-13(18)11-5-4-10(19-3)8-12(11)17/h4-5,8,17H,6-7,9,15H2,1-3H3,(H,16,18). The molecule has 0 bridgehead atoms. The van der Waals surface area contributed by atoms with Crippen molar-refractivity contribution in [3.63, 3.8) is 0 Å². The molecule has 1 rings (SSSR count). The van der Waals surface area contributed by atoms with Gasteiger partial charge in [-0.15, -0.1) is 0 Å². The van der Waals surface area contributed by atoms with Gasteiger partial charge in [0.05, 0.1) is 12.7 Å². The van der Waals surface area contributed by atoms with Gasteiger partial charge in [-0.25, -0.2) is 0 Å². The predicted octanol–water partition coefficient (Wildman–Crippen LogP) is 1.51. The molecule has 0 aliphatic rings. The highest BCUT2D eigenvalue weighted by molar-refractivity contribution is 5.97. The van der Waals surface area contributed by atoms with E-state index in [0.717, 1.165) is 6.42 Å². The second-order valence-corrected chi connectivity index (χ2v) is 5.27. The zero-order valence-electron chi connectivity index (χ0n) is 11.7. The lowest BCUT2D eigenvalue weighted by Gasteiger charge is -2.24. The third-order valence-corrected chi connectivity index (χ3v) is 3.00. The number of carbonyl (C=O) groups is 1. The van der Waals surface area contributed by atoms with Crippen molar-refractivity contribution in [2.24, 2.45) is 11.1 Å². The number of aromatic hydroxyl groups is 1. The number of rotatable bonds is 6. The van der Waals surface area contributed by atoms with Gasteiger partial charge in [-0.2, -0.15) is 0 Å². The van der Waals surface area contributed by atoms with Crippen LogP contribution >= 0.6 is 0 Å². The van der Waals surface area contributed by atoms with E-state index in [2.05, 4.69) is 5.32 Å². The zero-order valence-corrected chi connectivity index (χ0v) is 11.7. The molecule has 0 heterocycles. The topological polar surface area (TPSA) is 84.6 Å². The number of hydrogen-bond acceptors (Lipinski definition) is 4. The average Bonchev–Trinajstić information content (AvgIpc) is 2.36. The molecule has 0 unspecified atom stereocenters. The van der Waals surface area contributed by atoms with E-state index in [4.69, 9.17) is 10.5 Å². The molecule has 5 heteroatoms. The molecule has 0 aliphatic carbocycles. The summed E-state index contributed by atoms with van der Waals surface area (Å²) in [4.78, 5) is 12.0. The maximum absolute atomic E-state index is 12.0. The van der Waals surface area contributed by atoms with Crippen molar-refractivity contribution in [3.8, 4) is 11.5 Å². The maximum atomic E-state index is 12.0. The molecule has 0 aliphatic heterocycles. The smallest absolute Gasteiger partial charge is 0.255 e. The van der Waals surface area contributed by atoms with Gasteiger partial charge in [-0.05, 0) is 30.5 Å².